The van der Waals surface area contributed by atoms with Crippen LogP contribution in [0.25, 0.3) is 0 Å². The maximum Gasteiger partial charge on any atom is 2.00 e. The van der Waals surface area contributed by atoms with Crippen LogP contribution in [0.4, 0.5) is 0 Å². The van der Waals surface area contributed by atoms with Crippen molar-refractivity contribution in [2.75, 3.05) is 0 Å². The number of carboxylic acids is 2. The van der Waals surface area contributed by atoms with Crippen LogP contribution in [-0.4, -0.2) is 21.9 Å². The van der Waals surface area contributed by atoms with Crippen molar-refractivity contribution >= 4 is 11.9 Å². The molecule has 0 atom stereocenters. The Labute approximate surface area is 119 Å². The molecule has 0 aliphatic carbocycles. The Morgan fingerprint density at radius 2 is 1.21 bits per heavy atom. The first-order valence-electron chi connectivity index (χ1n) is 4.84. The molecule has 2 rings (SSSR count). The molecule has 19 heavy (non-hydrogen) atoms. The molecule has 6 nitrogen and oxygen atoms in total. The Balaban J connectivity index is 0.000000324. The topological polar surface area (TPSA) is 106 Å². The van der Waals surface area contributed by atoms with Gasteiger partial charge in [0.25, 0.3) is 0 Å². The number of carboxylic acid groups (broad SMARTS) is 2. The third-order valence-electron chi connectivity index (χ3n) is 1.79. The Kier molecular flexibility index (Phi) is 7.77. The fourth-order valence-electron chi connectivity index (χ4n) is 0.967. The summed E-state index contributed by atoms with van der Waals surface area (Å²) in [5.41, 5.74) is 0.218. The minimum Gasteiger partial charge on any atom is -0.545 e. The van der Waals surface area contributed by atoms with Crippen LogP contribution in [-0.2, 0) is 17.4 Å². The summed E-state index contributed by atoms with van der Waals surface area (Å²) < 4.78 is 0. The fourth-order valence-corrected chi connectivity index (χ4v) is 0.967. The normalized spacial score (nSPS) is 8.42. The van der Waals surface area contributed by atoms with Crippen molar-refractivity contribution in [2.45, 2.75) is 0 Å². The number of aromatic nitrogens is 2. The van der Waals surface area contributed by atoms with Gasteiger partial charge >= 0.3 is 17.4 Å². The molecular formula is C12H8CrN2O4. The number of hydrogen-bond donors (Lipinski definition) is 0. The maximum absolute atomic E-state index is 10.0. The third-order valence-corrected chi connectivity index (χ3v) is 1.79. The SMILES string of the molecule is O=C([O-])c1cccnc1.O=C([O-])c1cccnc1.[Cr+2]. The van der Waals surface area contributed by atoms with Crippen LogP contribution in [0.1, 0.15) is 20.7 Å². The van der Waals surface area contributed by atoms with Crippen LogP contribution in [0.5, 0.6) is 0 Å². The summed E-state index contributed by atoms with van der Waals surface area (Å²) in [7, 11) is 0. The quantitative estimate of drug-likeness (QED) is 0.695. The Morgan fingerprint density at radius 3 is 1.37 bits per heavy atom. The van der Waals surface area contributed by atoms with Crippen LogP contribution in [0.3, 0.4) is 0 Å². The minimum atomic E-state index is -1.19. The molecule has 0 aliphatic heterocycles. The monoisotopic (exact) mass is 296 g/mol. The average molecular weight is 296 g/mol. The number of rotatable bonds is 2. The Hall–Kier alpha value is -2.23. The van der Waals surface area contributed by atoms with Gasteiger partial charge in [0.05, 0.1) is 11.9 Å². The van der Waals surface area contributed by atoms with E-state index < -0.39 is 11.9 Å². The smallest absolute Gasteiger partial charge is 0.545 e. The van der Waals surface area contributed by atoms with Gasteiger partial charge in [0, 0.05) is 35.9 Å². The predicted molar refractivity (Wildman–Crippen MR) is 57.1 cm³/mol. The molecule has 2 heterocycles. The van der Waals surface area contributed by atoms with Crippen molar-refractivity contribution in [2.24, 2.45) is 0 Å². The van der Waals surface area contributed by atoms with Gasteiger partial charge in [-0.15, -0.1) is 0 Å². The van der Waals surface area contributed by atoms with E-state index in [4.69, 9.17) is 0 Å². The number of pyridine rings is 2. The molecule has 0 bridgehead atoms. The fraction of sp³-hybridized carbons (Fsp3) is 0. The van der Waals surface area contributed by atoms with E-state index in [1.54, 1.807) is 12.1 Å². The van der Waals surface area contributed by atoms with Gasteiger partial charge < -0.3 is 19.8 Å². The second-order valence-corrected chi connectivity index (χ2v) is 3.06. The van der Waals surface area contributed by atoms with Crippen molar-refractivity contribution in [3.05, 3.63) is 60.2 Å². The summed E-state index contributed by atoms with van der Waals surface area (Å²) in [6.45, 7) is 0. The van der Waals surface area contributed by atoms with Gasteiger partial charge in [-0.05, 0) is 12.1 Å². The van der Waals surface area contributed by atoms with E-state index in [1.165, 1.54) is 36.9 Å². The summed E-state index contributed by atoms with van der Waals surface area (Å²) in [5.74, 6) is -2.38. The van der Waals surface area contributed by atoms with Gasteiger partial charge in [-0.1, -0.05) is 12.1 Å². The van der Waals surface area contributed by atoms with Crippen molar-refractivity contribution in [3.8, 4) is 0 Å². The zero-order chi connectivity index (χ0) is 13.4. The minimum absolute atomic E-state index is 0. The molecule has 7 heteroatoms. The van der Waals surface area contributed by atoms with Crippen LogP contribution in [0.15, 0.2) is 49.1 Å². The molecule has 0 amide bonds. The average Bonchev–Trinajstić information content (AvgIpc) is 2.41. The predicted octanol–water partition coefficient (Wildman–Crippen LogP) is -1.11. The summed E-state index contributed by atoms with van der Waals surface area (Å²) >= 11 is 0. The van der Waals surface area contributed by atoms with Gasteiger partial charge in [-0.25, -0.2) is 0 Å². The van der Waals surface area contributed by atoms with E-state index in [1.807, 2.05) is 0 Å². The molecule has 2 aromatic heterocycles. The maximum atomic E-state index is 10.0. The van der Waals surface area contributed by atoms with E-state index >= 15 is 0 Å². The molecule has 0 unspecified atom stereocenters. The van der Waals surface area contributed by atoms with Gasteiger partial charge in [0.2, 0.25) is 0 Å². The summed E-state index contributed by atoms with van der Waals surface area (Å²) in [5, 5.41) is 20.1. The van der Waals surface area contributed by atoms with Crippen molar-refractivity contribution in [1.82, 2.24) is 9.97 Å². The molecule has 2 aromatic rings. The number of carbonyl (C=O) groups is 2. The molecule has 0 N–H and O–H groups in total. The van der Waals surface area contributed by atoms with Crippen LogP contribution in [0.2, 0.25) is 0 Å². The molecule has 0 saturated heterocycles. The van der Waals surface area contributed by atoms with Crippen LogP contribution >= 0.6 is 0 Å². The van der Waals surface area contributed by atoms with E-state index in [9.17, 15) is 19.8 Å². The molecule has 0 fully saturated rings. The first-order valence-corrected chi connectivity index (χ1v) is 4.84. The Bertz CT molecular complexity index is 470. The molecule has 0 aromatic carbocycles. The summed E-state index contributed by atoms with van der Waals surface area (Å²) in [6, 6.07) is 5.96. The molecule has 96 valence electrons. The zero-order valence-corrected chi connectivity index (χ0v) is 10.8. The number of nitrogens with zero attached hydrogens (tertiary/aromatic N) is 2. The first kappa shape index (κ1) is 16.8. The van der Waals surface area contributed by atoms with Crippen molar-refractivity contribution < 1.29 is 37.2 Å². The van der Waals surface area contributed by atoms with E-state index in [-0.39, 0.29) is 28.5 Å². The molecule has 0 spiro atoms. The number of carbonyl (C=O) groups excluding carboxylic acids is 2. The van der Waals surface area contributed by atoms with Crippen LogP contribution < -0.4 is 10.2 Å². The molecule has 0 radical (unpaired) electrons. The third kappa shape index (κ3) is 6.31. The molecular weight excluding hydrogens is 288 g/mol. The molecule has 0 aliphatic rings. The molecule has 0 saturated carbocycles. The number of aromatic carboxylic acids is 2. The van der Waals surface area contributed by atoms with Gasteiger partial charge in [-0.3, -0.25) is 9.97 Å². The van der Waals surface area contributed by atoms with E-state index in [2.05, 4.69) is 9.97 Å². The summed E-state index contributed by atoms with van der Waals surface area (Å²) in [4.78, 5) is 27.3. The summed E-state index contributed by atoms with van der Waals surface area (Å²) in [6.07, 6.45) is 5.50. The Morgan fingerprint density at radius 1 is 0.842 bits per heavy atom. The second-order valence-electron chi connectivity index (χ2n) is 3.06. The van der Waals surface area contributed by atoms with Gasteiger partial charge in [-0.2, -0.15) is 0 Å². The van der Waals surface area contributed by atoms with Gasteiger partial charge in [0.1, 0.15) is 0 Å². The van der Waals surface area contributed by atoms with E-state index in [0.29, 0.717) is 0 Å². The standard InChI is InChI=1S/2C6H5NO2.Cr/c2*8-6(9)5-2-1-3-7-4-5;/h2*1-4H,(H,8,9);/q;;+2/p-2. The van der Waals surface area contributed by atoms with Crippen molar-refractivity contribution in [3.63, 3.8) is 0 Å². The largest absolute Gasteiger partial charge is 2.00 e. The van der Waals surface area contributed by atoms with E-state index in [0.717, 1.165) is 0 Å². The number of hydrogen-bond acceptors (Lipinski definition) is 6. The zero-order valence-electron chi connectivity index (χ0n) is 9.55. The van der Waals surface area contributed by atoms with Crippen LogP contribution in [0, 0.1) is 0 Å². The van der Waals surface area contributed by atoms with Crippen molar-refractivity contribution in [1.29, 1.82) is 0 Å². The van der Waals surface area contributed by atoms with Gasteiger partial charge in [0.15, 0.2) is 0 Å². The second kappa shape index (κ2) is 8.80. The first-order chi connectivity index (χ1) is 8.61.